The summed E-state index contributed by atoms with van der Waals surface area (Å²) in [7, 11) is 11.3. The zero-order chi connectivity index (χ0) is 37.7. The first-order valence-electron chi connectivity index (χ1n) is 20.5. The van der Waals surface area contributed by atoms with Crippen molar-refractivity contribution in [2.75, 3.05) is 22.9 Å². The maximum atomic E-state index is 5.66. The van der Waals surface area contributed by atoms with E-state index < -0.39 is 13.5 Å². The van der Waals surface area contributed by atoms with Crippen molar-refractivity contribution < 1.29 is 13.5 Å². The van der Waals surface area contributed by atoms with Gasteiger partial charge in [0.2, 0.25) is 0 Å². The molecule has 1 saturated heterocycles. The van der Waals surface area contributed by atoms with E-state index in [1.807, 2.05) is 34.3 Å². The number of hydrogen-bond donors (Lipinski definition) is 0. The van der Waals surface area contributed by atoms with E-state index in [4.69, 9.17) is 19.4 Å². The van der Waals surface area contributed by atoms with Gasteiger partial charge in [0.25, 0.3) is 0 Å². The summed E-state index contributed by atoms with van der Waals surface area (Å²) in [5.41, 5.74) is 14.5. The predicted molar refractivity (Wildman–Crippen MR) is 239 cm³/mol. The first kappa shape index (κ1) is 43.2. The van der Waals surface area contributed by atoms with Gasteiger partial charge in [-0.25, -0.2) is 0 Å². The summed E-state index contributed by atoms with van der Waals surface area (Å²) in [6, 6.07) is 19.2. The van der Waals surface area contributed by atoms with Crippen molar-refractivity contribution in [2.24, 2.45) is 0 Å². The van der Waals surface area contributed by atoms with Crippen molar-refractivity contribution in [2.45, 2.75) is 160 Å². The summed E-state index contributed by atoms with van der Waals surface area (Å²) in [4.78, 5) is 6.00. The molecule has 4 aliphatic rings. The van der Waals surface area contributed by atoms with Gasteiger partial charge in [0.05, 0.1) is 17.0 Å². The summed E-state index contributed by atoms with van der Waals surface area (Å²) in [6.45, 7) is 17.6. The number of thioether (sulfide) groups is 1. The van der Waals surface area contributed by atoms with Gasteiger partial charge in [0, 0.05) is 32.4 Å². The number of anilines is 2. The van der Waals surface area contributed by atoms with Crippen LogP contribution in [0, 0.1) is 48.2 Å². The molecule has 0 aromatic heterocycles. The molecule has 0 unspecified atom stereocenters. The molecule has 0 radical (unpaired) electrons. The van der Waals surface area contributed by atoms with Crippen molar-refractivity contribution in [1.29, 1.82) is 0 Å². The van der Waals surface area contributed by atoms with Gasteiger partial charge in [-0.2, -0.15) is 6.67 Å². The van der Waals surface area contributed by atoms with Gasteiger partial charge >= 0.3 is 83.8 Å². The number of aryl methyl sites for hydroxylation is 6. The Labute approximate surface area is 342 Å². The van der Waals surface area contributed by atoms with Crippen LogP contribution in [0.1, 0.15) is 130 Å². The molecule has 1 aliphatic heterocycles. The molecule has 4 fully saturated rings. The third kappa shape index (κ3) is 13.1. The Morgan fingerprint density at radius 2 is 0.943 bits per heavy atom. The van der Waals surface area contributed by atoms with Crippen LogP contribution in [-0.4, -0.2) is 34.0 Å². The van der Waals surface area contributed by atoms with E-state index in [9.17, 15) is 0 Å². The van der Waals surface area contributed by atoms with Crippen LogP contribution in [0.5, 0.6) is 0 Å². The molecule has 0 atom stereocenters. The normalized spacial score (nSPS) is 19.0. The average molecular weight is 883 g/mol. The van der Waals surface area contributed by atoms with Gasteiger partial charge in [0.1, 0.15) is 0 Å². The van der Waals surface area contributed by atoms with Crippen LogP contribution in [-0.2, 0) is 13.5 Å². The number of nitrogens with zero attached hydrogens (tertiary/aromatic N) is 2. The van der Waals surface area contributed by atoms with E-state index in [0.29, 0.717) is 0 Å². The minimum absolute atomic E-state index is 0.0465. The van der Waals surface area contributed by atoms with Crippen molar-refractivity contribution >= 4 is 54.4 Å². The fraction of sp³-hybridized carbons (Fsp3) is 0.565. The van der Waals surface area contributed by atoms with Crippen molar-refractivity contribution in [3.63, 3.8) is 0 Å². The summed E-state index contributed by atoms with van der Waals surface area (Å²) < 4.78 is 1.92. The second-order valence-electron chi connectivity index (χ2n) is 16.2. The zero-order valence-electron chi connectivity index (χ0n) is 33.5. The predicted octanol–water partition coefficient (Wildman–Crippen LogP) is 14.6. The second kappa shape index (κ2) is 22.2. The van der Waals surface area contributed by atoms with E-state index in [1.54, 1.807) is 108 Å². The third-order valence-corrected chi connectivity index (χ3v) is 21.0. The molecule has 0 spiro atoms. The summed E-state index contributed by atoms with van der Waals surface area (Å²) in [5.74, 6) is 0. The first-order valence-corrected chi connectivity index (χ1v) is 28.6. The third-order valence-electron chi connectivity index (χ3n) is 11.9. The quantitative estimate of drug-likeness (QED) is 0.101. The second-order valence-corrected chi connectivity index (χ2v) is 27.0. The molecule has 3 aromatic carbocycles. The van der Waals surface area contributed by atoms with Crippen molar-refractivity contribution in [3.8, 4) is 0 Å². The van der Waals surface area contributed by atoms with Crippen LogP contribution in [0.25, 0.3) is 0 Å². The summed E-state index contributed by atoms with van der Waals surface area (Å²) in [5, 5.41) is 0. The Morgan fingerprint density at radius 1 is 0.585 bits per heavy atom. The topological polar surface area (TPSA) is 6.48 Å². The molecule has 2 nitrogen and oxygen atoms in total. The summed E-state index contributed by atoms with van der Waals surface area (Å²) >= 11 is 0.00846. The van der Waals surface area contributed by atoms with Gasteiger partial charge in [-0.1, -0.05) is 54.7 Å². The molecular weight excluding hydrogens is 816 g/mol. The van der Waals surface area contributed by atoms with Gasteiger partial charge in [-0.15, -0.1) is 0 Å². The van der Waals surface area contributed by atoms with E-state index in [0.717, 1.165) is 13.1 Å². The molecule has 0 N–H and O–H groups in total. The molecule has 3 aromatic rings. The number of benzene rings is 3. The van der Waals surface area contributed by atoms with Gasteiger partial charge in [0.15, 0.2) is 0 Å². The first-order chi connectivity index (χ1) is 25.6. The number of halogens is 2. The molecule has 0 bridgehead atoms. The molecular formula is C46H67Cl2N2PRuS. The van der Waals surface area contributed by atoms with Crippen molar-refractivity contribution in [1.82, 2.24) is 0 Å². The number of rotatable bonds is 7. The zero-order valence-corrected chi connectivity index (χ0v) is 38.6. The van der Waals surface area contributed by atoms with Crippen LogP contribution >= 0.6 is 39.1 Å². The van der Waals surface area contributed by atoms with Crippen LogP contribution in [0.4, 0.5) is 11.4 Å². The molecule has 1 heterocycles. The van der Waals surface area contributed by atoms with E-state index in [1.165, 1.54) is 66.6 Å². The Balaban J connectivity index is 0.000000163. The number of hydrogen-bond acceptors (Lipinski definition) is 3. The Kier molecular flexibility index (Phi) is 18.1. The fourth-order valence-corrected chi connectivity index (χ4v) is 18.0. The summed E-state index contributed by atoms with van der Waals surface area (Å²) in [6.07, 6.45) is 23.8. The standard InChI is InChI=1S/C21H27N2.C18H33P.C7H6S.2ClH.Ru/c1-14-9-16(3)20(17(4)10-14)22-7-8-23(13-22)21-18(5)11-15(2)12-19(21)6;1-4-10-16(11-5-1)19(17-12-6-2-7-13-17)18-14-8-3-9-15-18;1-8-7-5-3-2-4-6-7;;;/h9-13H,7-8H2,1-6H3;16-18H,1-15H2;1-6H;2*1H;/q-1;;;;;+2/p-1. The van der Waals surface area contributed by atoms with Crippen LogP contribution in [0.2, 0.25) is 0 Å². The Bertz CT molecular complexity index is 1440. The maximum absolute atomic E-state index is 5.66. The molecule has 0 amide bonds. The minimum atomic E-state index is -1.59. The van der Waals surface area contributed by atoms with E-state index in [-0.39, 0.29) is 7.92 Å². The Morgan fingerprint density at radius 3 is 1.28 bits per heavy atom. The van der Waals surface area contributed by atoms with Gasteiger partial charge < -0.3 is 9.80 Å². The molecule has 53 heavy (non-hydrogen) atoms. The van der Waals surface area contributed by atoms with Crippen LogP contribution < -0.4 is 9.80 Å². The van der Waals surface area contributed by atoms with Crippen LogP contribution in [0.15, 0.2) is 59.5 Å². The molecule has 3 aliphatic carbocycles. The van der Waals surface area contributed by atoms with E-state index >= 15 is 0 Å². The fourth-order valence-electron chi connectivity index (χ4n) is 9.98. The average Bonchev–Trinajstić information content (AvgIpc) is 3.61. The molecule has 3 saturated carbocycles. The monoisotopic (exact) mass is 882 g/mol. The van der Waals surface area contributed by atoms with Gasteiger partial charge in [-0.05, 0) is 141 Å². The van der Waals surface area contributed by atoms with Gasteiger partial charge in [-0.3, -0.25) is 0 Å². The van der Waals surface area contributed by atoms with Crippen molar-refractivity contribution in [3.05, 3.63) is 94.6 Å². The van der Waals surface area contributed by atoms with Crippen LogP contribution in [0.3, 0.4) is 0 Å². The molecule has 294 valence electrons. The molecule has 7 rings (SSSR count). The van der Waals surface area contributed by atoms with E-state index in [2.05, 4.69) is 82.3 Å². The SMILES string of the molecule is C1CCC([PH+](C2CCCCC2)C2CCCCC2)CC1.Cc1cc(C)c(N2[CH-]N(c3c(C)cc(C)cc3C)CC2)c(C)c1.[Cl][Ru]([Cl])=[CH]Sc1ccccc1. The molecule has 7 heteroatoms. The Hall–Kier alpha value is -0.887.